The number of esters is 1. The van der Waals surface area contributed by atoms with E-state index in [0.717, 1.165) is 5.92 Å². The third-order valence-electron chi connectivity index (χ3n) is 5.17. The number of Topliss-reactive ketones (excluding diaryl/α,β-unsaturated/α-hetero) is 1. The van der Waals surface area contributed by atoms with Gasteiger partial charge >= 0.3 is 5.97 Å². The summed E-state index contributed by atoms with van der Waals surface area (Å²) in [5, 5.41) is 0. The van der Waals surface area contributed by atoms with Crippen LogP contribution in [0.2, 0.25) is 0 Å². The second-order valence-electron chi connectivity index (χ2n) is 6.89. The van der Waals surface area contributed by atoms with Crippen molar-refractivity contribution in [1.29, 1.82) is 0 Å². The van der Waals surface area contributed by atoms with Gasteiger partial charge < -0.3 is 4.74 Å². The topological polar surface area (TPSA) is 43.4 Å². The van der Waals surface area contributed by atoms with Gasteiger partial charge in [0.1, 0.15) is 0 Å². The minimum atomic E-state index is -0.766. The molecule has 3 heteroatoms. The Morgan fingerprint density at radius 3 is 2.25 bits per heavy atom. The summed E-state index contributed by atoms with van der Waals surface area (Å²) in [5.41, 5.74) is 1.72. The van der Waals surface area contributed by atoms with Crippen LogP contribution in [0.4, 0.5) is 0 Å². The molecule has 0 heterocycles. The number of hydrogen-bond donors (Lipinski definition) is 0. The van der Waals surface area contributed by atoms with E-state index in [9.17, 15) is 9.59 Å². The van der Waals surface area contributed by atoms with Gasteiger partial charge in [-0.05, 0) is 50.0 Å². The average molecular weight is 330 g/mol. The van der Waals surface area contributed by atoms with Gasteiger partial charge in [-0.15, -0.1) is 0 Å². The Morgan fingerprint density at radius 1 is 1.00 bits per heavy atom. The number of benzene rings is 1. The molecule has 1 aliphatic carbocycles. The first-order valence-corrected chi connectivity index (χ1v) is 9.47. The van der Waals surface area contributed by atoms with Crippen LogP contribution in [-0.4, -0.2) is 18.4 Å². The van der Waals surface area contributed by atoms with E-state index < -0.39 is 11.8 Å². The van der Waals surface area contributed by atoms with Crippen LogP contribution in [0.15, 0.2) is 24.3 Å². The maximum atomic E-state index is 11.9. The Morgan fingerprint density at radius 2 is 1.67 bits per heavy atom. The number of hydrogen-bond acceptors (Lipinski definition) is 3. The van der Waals surface area contributed by atoms with E-state index in [1.54, 1.807) is 19.1 Å². The van der Waals surface area contributed by atoms with Gasteiger partial charge in [-0.1, -0.05) is 56.9 Å². The molecular weight excluding hydrogens is 300 g/mol. The summed E-state index contributed by atoms with van der Waals surface area (Å²) < 4.78 is 4.77. The Balaban J connectivity index is 1.86. The minimum absolute atomic E-state index is 0.226. The number of rotatable bonds is 8. The number of ether oxygens (including phenoxy) is 1. The molecule has 1 saturated carbocycles. The van der Waals surface area contributed by atoms with Gasteiger partial charge in [0, 0.05) is 5.56 Å². The average Bonchev–Trinajstić information content (AvgIpc) is 2.62. The van der Waals surface area contributed by atoms with Gasteiger partial charge in [0.05, 0.1) is 6.61 Å². The predicted molar refractivity (Wildman–Crippen MR) is 96.2 cm³/mol. The highest BCUT2D eigenvalue weighted by Crippen LogP contribution is 2.37. The monoisotopic (exact) mass is 330 g/mol. The van der Waals surface area contributed by atoms with Crippen LogP contribution in [0.1, 0.15) is 87.1 Å². The van der Waals surface area contributed by atoms with Crippen molar-refractivity contribution >= 4 is 11.8 Å². The van der Waals surface area contributed by atoms with Crippen LogP contribution in [0, 0.1) is 5.92 Å². The highest BCUT2D eigenvalue weighted by atomic mass is 16.5. The first-order chi connectivity index (χ1) is 11.7. The molecule has 132 valence electrons. The van der Waals surface area contributed by atoms with Gasteiger partial charge in [-0.3, -0.25) is 4.79 Å². The van der Waals surface area contributed by atoms with Crippen LogP contribution in [0.3, 0.4) is 0 Å². The van der Waals surface area contributed by atoms with Crippen LogP contribution < -0.4 is 0 Å². The molecule has 24 heavy (non-hydrogen) atoms. The van der Waals surface area contributed by atoms with Gasteiger partial charge in [-0.25, -0.2) is 4.79 Å². The van der Waals surface area contributed by atoms with E-state index in [1.807, 2.05) is 12.1 Å². The zero-order valence-corrected chi connectivity index (χ0v) is 15.1. The molecule has 0 amide bonds. The molecule has 0 unspecified atom stereocenters. The quantitative estimate of drug-likeness (QED) is 0.282. The molecule has 1 aliphatic rings. The lowest BCUT2D eigenvalue weighted by Crippen LogP contribution is -2.17. The Kier molecular flexibility index (Phi) is 7.48. The van der Waals surface area contributed by atoms with Crippen molar-refractivity contribution in [2.45, 2.75) is 71.1 Å². The second-order valence-corrected chi connectivity index (χ2v) is 6.89. The number of carbonyl (C=O) groups is 2. The predicted octanol–water partition coefficient (Wildman–Crippen LogP) is 5.29. The molecule has 0 saturated heterocycles. The summed E-state index contributed by atoms with van der Waals surface area (Å²) in [6.45, 7) is 4.18. The normalized spacial score (nSPS) is 20.6. The summed E-state index contributed by atoms with van der Waals surface area (Å²) in [5.74, 6) is 0.178. The van der Waals surface area contributed by atoms with E-state index >= 15 is 0 Å². The summed E-state index contributed by atoms with van der Waals surface area (Å²) in [6.07, 6.45) is 10.5. The van der Waals surface area contributed by atoms with Crippen LogP contribution in [-0.2, 0) is 9.53 Å². The summed E-state index contributed by atoms with van der Waals surface area (Å²) in [7, 11) is 0. The van der Waals surface area contributed by atoms with Crippen molar-refractivity contribution in [2.75, 3.05) is 6.61 Å². The lowest BCUT2D eigenvalue weighted by Gasteiger charge is -2.29. The first kappa shape index (κ1) is 18.7. The SMILES string of the molecule is CCCCCC1CCC(c2ccc(C(=O)C(=O)OCC)cc2)CC1. The van der Waals surface area contributed by atoms with E-state index in [-0.39, 0.29) is 6.61 Å². The zero-order chi connectivity index (χ0) is 17.4. The zero-order valence-electron chi connectivity index (χ0n) is 15.1. The van der Waals surface area contributed by atoms with Crippen LogP contribution >= 0.6 is 0 Å². The summed E-state index contributed by atoms with van der Waals surface area (Å²) >= 11 is 0. The van der Waals surface area contributed by atoms with E-state index in [0.29, 0.717) is 11.5 Å². The van der Waals surface area contributed by atoms with Crippen molar-refractivity contribution in [2.24, 2.45) is 5.92 Å². The van der Waals surface area contributed by atoms with Crippen molar-refractivity contribution < 1.29 is 14.3 Å². The number of unbranched alkanes of at least 4 members (excludes halogenated alkanes) is 2. The van der Waals surface area contributed by atoms with Gasteiger partial charge in [0.25, 0.3) is 5.78 Å². The minimum Gasteiger partial charge on any atom is -0.460 e. The van der Waals surface area contributed by atoms with Crippen molar-refractivity contribution in [3.05, 3.63) is 35.4 Å². The van der Waals surface area contributed by atoms with E-state index in [1.165, 1.54) is 56.9 Å². The third kappa shape index (κ3) is 5.19. The lowest BCUT2D eigenvalue weighted by atomic mass is 9.77. The van der Waals surface area contributed by atoms with Gasteiger partial charge in [-0.2, -0.15) is 0 Å². The fraction of sp³-hybridized carbons (Fsp3) is 0.619. The standard InChI is InChI=1S/C21H30O3/c1-3-5-6-7-16-8-10-17(11-9-16)18-12-14-19(15-13-18)20(22)21(23)24-4-2/h12-17H,3-11H2,1-2H3. The first-order valence-electron chi connectivity index (χ1n) is 9.47. The van der Waals surface area contributed by atoms with E-state index in [2.05, 4.69) is 6.92 Å². The molecule has 1 fully saturated rings. The Hall–Kier alpha value is -1.64. The second kappa shape index (κ2) is 9.61. The van der Waals surface area contributed by atoms with E-state index in [4.69, 9.17) is 4.74 Å². The molecule has 0 aliphatic heterocycles. The largest absolute Gasteiger partial charge is 0.460 e. The number of carbonyl (C=O) groups excluding carboxylic acids is 2. The molecule has 0 atom stereocenters. The van der Waals surface area contributed by atoms with Crippen LogP contribution in [0.5, 0.6) is 0 Å². The fourth-order valence-corrected chi connectivity index (χ4v) is 3.69. The summed E-state index contributed by atoms with van der Waals surface area (Å²) in [6, 6.07) is 7.55. The van der Waals surface area contributed by atoms with Crippen molar-refractivity contribution in [3.63, 3.8) is 0 Å². The third-order valence-corrected chi connectivity index (χ3v) is 5.17. The highest BCUT2D eigenvalue weighted by Gasteiger charge is 2.23. The molecule has 0 N–H and O–H groups in total. The molecule has 0 aromatic heterocycles. The summed E-state index contributed by atoms with van der Waals surface area (Å²) in [4.78, 5) is 23.4. The molecule has 2 rings (SSSR count). The smallest absolute Gasteiger partial charge is 0.379 e. The molecule has 0 bridgehead atoms. The molecule has 1 aromatic rings. The number of ketones is 1. The Bertz CT molecular complexity index is 525. The van der Waals surface area contributed by atoms with Crippen molar-refractivity contribution in [1.82, 2.24) is 0 Å². The van der Waals surface area contributed by atoms with Gasteiger partial charge in [0.2, 0.25) is 0 Å². The molecule has 1 aromatic carbocycles. The highest BCUT2D eigenvalue weighted by molar-refractivity contribution is 6.40. The molecule has 0 radical (unpaired) electrons. The maximum absolute atomic E-state index is 11.9. The lowest BCUT2D eigenvalue weighted by molar-refractivity contribution is -0.137. The molecule has 3 nitrogen and oxygen atoms in total. The molecule has 0 spiro atoms. The fourth-order valence-electron chi connectivity index (χ4n) is 3.69. The van der Waals surface area contributed by atoms with Crippen molar-refractivity contribution in [3.8, 4) is 0 Å². The van der Waals surface area contributed by atoms with Crippen LogP contribution in [0.25, 0.3) is 0 Å². The van der Waals surface area contributed by atoms with Gasteiger partial charge in [0.15, 0.2) is 0 Å². The maximum Gasteiger partial charge on any atom is 0.379 e. The molecular formula is C21H30O3. The Labute approximate surface area is 145 Å².